The van der Waals surface area contributed by atoms with Crippen molar-refractivity contribution in [2.24, 2.45) is 0 Å². The molecule has 1 aromatic rings. The third-order valence-corrected chi connectivity index (χ3v) is 4.18. The fourth-order valence-electron chi connectivity index (χ4n) is 2.40. The second kappa shape index (κ2) is 5.97. The molecule has 1 fully saturated rings. The van der Waals surface area contributed by atoms with E-state index in [4.69, 9.17) is 23.2 Å². The molecule has 0 bridgehead atoms. The number of nitrogens with one attached hydrogen (secondary N) is 1. The molecule has 0 atom stereocenters. The summed E-state index contributed by atoms with van der Waals surface area (Å²) in [7, 11) is 0. The number of halogens is 2. The zero-order valence-corrected chi connectivity index (χ0v) is 11.7. The quantitative estimate of drug-likeness (QED) is 0.707. The molecular weight excluding hydrogens is 253 g/mol. The van der Waals surface area contributed by atoms with Gasteiger partial charge in [-0.05, 0) is 37.5 Å². The molecule has 17 heavy (non-hydrogen) atoms. The van der Waals surface area contributed by atoms with Gasteiger partial charge in [0.1, 0.15) is 0 Å². The van der Waals surface area contributed by atoms with Crippen molar-refractivity contribution in [2.45, 2.75) is 51.5 Å². The van der Waals surface area contributed by atoms with Crippen LogP contribution < -0.4 is 5.32 Å². The summed E-state index contributed by atoms with van der Waals surface area (Å²) in [4.78, 5) is 0. The Morgan fingerprint density at radius 3 is 2.29 bits per heavy atom. The van der Waals surface area contributed by atoms with E-state index in [9.17, 15) is 0 Å². The lowest BCUT2D eigenvalue weighted by molar-refractivity contribution is 0.620. The SMILES string of the molecule is Cc1cc(Cl)c(NC2CCCCCC2)cc1Cl. The molecule has 0 heterocycles. The van der Waals surface area contributed by atoms with E-state index in [1.165, 1.54) is 38.5 Å². The highest BCUT2D eigenvalue weighted by Crippen LogP contribution is 2.31. The average molecular weight is 272 g/mol. The van der Waals surface area contributed by atoms with Crippen molar-refractivity contribution in [3.63, 3.8) is 0 Å². The van der Waals surface area contributed by atoms with E-state index in [1.54, 1.807) is 0 Å². The minimum absolute atomic E-state index is 0.550. The largest absolute Gasteiger partial charge is 0.381 e. The van der Waals surface area contributed by atoms with Crippen LogP contribution in [0, 0.1) is 6.92 Å². The average Bonchev–Trinajstić information content (AvgIpc) is 2.54. The monoisotopic (exact) mass is 271 g/mol. The molecule has 2 rings (SSSR count). The molecule has 1 aliphatic carbocycles. The summed E-state index contributed by atoms with van der Waals surface area (Å²) in [5.74, 6) is 0. The molecule has 3 heteroatoms. The Morgan fingerprint density at radius 1 is 1.00 bits per heavy atom. The van der Waals surface area contributed by atoms with Gasteiger partial charge in [-0.1, -0.05) is 48.9 Å². The molecule has 0 aliphatic heterocycles. The Hall–Kier alpha value is -0.400. The predicted octanol–water partition coefficient (Wildman–Crippen LogP) is 5.44. The molecule has 0 unspecified atom stereocenters. The van der Waals surface area contributed by atoms with Crippen LogP contribution in [0.3, 0.4) is 0 Å². The van der Waals surface area contributed by atoms with Crippen molar-refractivity contribution < 1.29 is 0 Å². The zero-order chi connectivity index (χ0) is 12.3. The lowest BCUT2D eigenvalue weighted by Crippen LogP contribution is -2.18. The number of hydrogen-bond acceptors (Lipinski definition) is 1. The molecule has 94 valence electrons. The Labute approximate surface area is 114 Å². The smallest absolute Gasteiger partial charge is 0.0641 e. The molecule has 0 amide bonds. The first-order valence-electron chi connectivity index (χ1n) is 6.39. The normalized spacial score (nSPS) is 17.8. The molecule has 1 N–H and O–H groups in total. The van der Waals surface area contributed by atoms with Crippen molar-refractivity contribution >= 4 is 28.9 Å². The first kappa shape index (κ1) is 13.0. The van der Waals surface area contributed by atoms with Gasteiger partial charge < -0.3 is 5.32 Å². The fourth-order valence-corrected chi connectivity index (χ4v) is 2.84. The molecule has 1 aromatic carbocycles. The molecule has 1 aliphatic rings. The highest BCUT2D eigenvalue weighted by molar-refractivity contribution is 6.35. The molecule has 1 nitrogen and oxygen atoms in total. The lowest BCUT2D eigenvalue weighted by Gasteiger charge is -2.19. The lowest BCUT2D eigenvalue weighted by atomic mass is 10.1. The van der Waals surface area contributed by atoms with Crippen molar-refractivity contribution in [3.05, 3.63) is 27.7 Å². The molecule has 0 radical (unpaired) electrons. The van der Waals surface area contributed by atoms with Crippen LogP contribution in [0.25, 0.3) is 0 Å². The van der Waals surface area contributed by atoms with Crippen LogP contribution in [0.15, 0.2) is 12.1 Å². The molecule has 0 saturated heterocycles. The van der Waals surface area contributed by atoms with Gasteiger partial charge in [0.2, 0.25) is 0 Å². The van der Waals surface area contributed by atoms with Gasteiger partial charge >= 0.3 is 0 Å². The topological polar surface area (TPSA) is 12.0 Å². The molecule has 1 saturated carbocycles. The van der Waals surface area contributed by atoms with Crippen molar-refractivity contribution in [2.75, 3.05) is 5.32 Å². The fraction of sp³-hybridized carbons (Fsp3) is 0.571. The van der Waals surface area contributed by atoms with Gasteiger partial charge in [0.15, 0.2) is 0 Å². The maximum absolute atomic E-state index is 6.24. The third kappa shape index (κ3) is 3.53. The van der Waals surface area contributed by atoms with Gasteiger partial charge in [0.25, 0.3) is 0 Å². The van der Waals surface area contributed by atoms with Crippen LogP contribution in [0.2, 0.25) is 10.0 Å². The maximum Gasteiger partial charge on any atom is 0.0641 e. The molecule has 0 spiro atoms. The van der Waals surface area contributed by atoms with Crippen molar-refractivity contribution in [1.82, 2.24) is 0 Å². The number of anilines is 1. The number of hydrogen-bond donors (Lipinski definition) is 1. The second-order valence-electron chi connectivity index (χ2n) is 4.91. The van der Waals surface area contributed by atoms with Crippen LogP contribution in [-0.2, 0) is 0 Å². The van der Waals surface area contributed by atoms with Crippen LogP contribution in [0.4, 0.5) is 5.69 Å². The first-order valence-corrected chi connectivity index (χ1v) is 7.14. The van der Waals surface area contributed by atoms with Crippen LogP contribution in [-0.4, -0.2) is 6.04 Å². The Kier molecular flexibility index (Phi) is 4.58. The Balaban J connectivity index is 2.09. The van der Waals surface area contributed by atoms with E-state index in [0.29, 0.717) is 6.04 Å². The van der Waals surface area contributed by atoms with Gasteiger partial charge in [-0.15, -0.1) is 0 Å². The zero-order valence-electron chi connectivity index (χ0n) is 10.2. The summed E-state index contributed by atoms with van der Waals surface area (Å²) in [6.07, 6.45) is 7.83. The predicted molar refractivity (Wildman–Crippen MR) is 76.3 cm³/mol. The van der Waals surface area contributed by atoms with Crippen LogP contribution in [0.5, 0.6) is 0 Å². The van der Waals surface area contributed by atoms with Gasteiger partial charge in [-0.3, -0.25) is 0 Å². The summed E-state index contributed by atoms with van der Waals surface area (Å²) < 4.78 is 0. The summed E-state index contributed by atoms with van der Waals surface area (Å²) >= 11 is 12.4. The van der Waals surface area contributed by atoms with Gasteiger partial charge in [-0.2, -0.15) is 0 Å². The maximum atomic E-state index is 6.24. The molecular formula is C14H19Cl2N. The van der Waals surface area contributed by atoms with E-state index in [-0.39, 0.29) is 0 Å². The van der Waals surface area contributed by atoms with Gasteiger partial charge in [0.05, 0.1) is 10.7 Å². The number of benzene rings is 1. The van der Waals surface area contributed by atoms with Crippen molar-refractivity contribution in [3.8, 4) is 0 Å². The Morgan fingerprint density at radius 2 is 1.65 bits per heavy atom. The first-order chi connectivity index (χ1) is 8.16. The summed E-state index contributed by atoms with van der Waals surface area (Å²) in [5, 5.41) is 5.10. The highest BCUT2D eigenvalue weighted by Gasteiger charge is 2.13. The van der Waals surface area contributed by atoms with Crippen LogP contribution in [0.1, 0.15) is 44.1 Å². The summed E-state index contributed by atoms with van der Waals surface area (Å²) in [6.45, 7) is 1.98. The number of rotatable bonds is 2. The van der Waals surface area contributed by atoms with E-state index in [0.717, 1.165) is 21.3 Å². The second-order valence-corrected chi connectivity index (χ2v) is 5.73. The third-order valence-electron chi connectivity index (χ3n) is 3.46. The van der Waals surface area contributed by atoms with E-state index >= 15 is 0 Å². The summed E-state index contributed by atoms with van der Waals surface area (Å²) in [6, 6.07) is 4.43. The van der Waals surface area contributed by atoms with Gasteiger partial charge in [-0.25, -0.2) is 0 Å². The Bertz CT molecular complexity index is 382. The van der Waals surface area contributed by atoms with Crippen molar-refractivity contribution in [1.29, 1.82) is 0 Å². The van der Waals surface area contributed by atoms with E-state index in [2.05, 4.69) is 5.32 Å². The molecule has 0 aromatic heterocycles. The summed E-state index contributed by atoms with van der Waals surface area (Å²) in [5.41, 5.74) is 2.01. The minimum atomic E-state index is 0.550. The van der Waals surface area contributed by atoms with Crippen LogP contribution >= 0.6 is 23.2 Å². The minimum Gasteiger partial charge on any atom is -0.381 e. The number of aryl methyl sites for hydroxylation is 1. The van der Waals surface area contributed by atoms with E-state index in [1.807, 2.05) is 19.1 Å². The highest BCUT2D eigenvalue weighted by atomic mass is 35.5. The standard InChI is InChI=1S/C14H19Cl2N/c1-10-8-13(16)14(9-12(10)15)17-11-6-4-2-3-5-7-11/h8-9,11,17H,2-7H2,1H3. The van der Waals surface area contributed by atoms with E-state index < -0.39 is 0 Å². The van der Waals surface area contributed by atoms with Gasteiger partial charge in [0, 0.05) is 11.1 Å².